The minimum atomic E-state index is 0.0706. The predicted molar refractivity (Wildman–Crippen MR) is 99.4 cm³/mol. The fourth-order valence-corrected chi connectivity index (χ4v) is 3.34. The second kappa shape index (κ2) is 8.31. The fourth-order valence-electron chi connectivity index (χ4n) is 2.18. The van der Waals surface area contributed by atoms with E-state index in [9.17, 15) is 0 Å². The number of hydrogen-bond donors (Lipinski definition) is 2. The highest BCUT2D eigenvalue weighted by molar-refractivity contribution is 7.11. The van der Waals surface area contributed by atoms with Crippen molar-refractivity contribution in [3.63, 3.8) is 0 Å². The summed E-state index contributed by atoms with van der Waals surface area (Å²) in [5.41, 5.74) is 2.14. The lowest BCUT2D eigenvalue weighted by molar-refractivity contribution is 0.686. The number of nitrogens with one attached hydrogen (secondary N) is 2. The molecule has 1 heterocycles. The van der Waals surface area contributed by atoms with Crippen LogP contribution in [0.15, 0.2) is 29.3 Å². The van der Waals surface area contributed by atoms with E-state index in [4.69, 9.17) is 11.6 Å². The van der Waals surface area contributed by atoms with E-state index >= 15 is 0 Å². The van der Waals surface area contributed by atoms with Crippen LogP contribution in [0.3, 0.4) is 0 Å². The molecule has 0 amide bonds. The molecule has 0 fully saturated rings. The Kier molecular flexibility index (Phi) is 6.42. The molecule has 124 valence electrons. The Morgan fingerprint density at radius 1 is 1.35 bits per heavy atom. The summed E-state index contributed by atoms with van der Waals surface area (Å²) in [5.74, 6) is 0.769. The average Bonchev–Trinajstić information content (AvgIpc) is 2.84. The lowest BCUT2D eigenvalue weighted by Crippen LogP contribution is -2.38. The molecule has 2 rings (SSSR count). The molecule has 0 bridgehead atoms. The first kappa shape index (κ1) is 17.8. The lowest BCUT2D eigenvalue weighted by atomic mass is 10.1. The number of rotatable bonds is 5. The molecule has 2 N–H and O–H groups in total. The monoisotopic (exact) mass is 350 g/mol. The number of hydrogen-bond acceptors (Lipinski definition) is 3. The van der Waals surface area contributed by atoms with Gasteiger partial charge in [-0.05, 0) is 39.3 Å². The third-order valence-electron chi connectivity index (χ3n) is 3.51. The lowest BCUT2D eigenvalue weighted by Gasteiger charge is -2.19. The molecule has 4 nitrogen and oxygen atoms in total. The van der Waals surface area contributed by atoms with Crippen molar-refractivity contribution in [1.29, 1.82) is 0 Å². The van der Waals surface area contributed by atoms with Crippen LogP contribution in [-0.4, -0.2) is 17.5 Å². The van der Waals surface area contributed by atoms with Gasteiger partial charge < -0.3 is 10.6 Å². The van der Waals surface area contributed by atoms with E-state index in [-0.39, 0.29) is 6.04 Å². The Bertz CT molecular complexity index is 661. The van der Waals surface area contributed by atoms with E-state index in [2.05, 4.69) is 41.4 Å². The van der Waals surface area contributed by atoms with Crippen molar-refractivity contribution < 1.29 is 0 Å². The van der Waals surface area contributed by atoms with Crippen LogP contribution in [-0.2, 0) is 6.54 Å². The number of aryl methyl sites for hydroxylation is 2. The second-order valence-corrected chi connectivity index (χ2v) is 7.03. The van der Waals surface area contributed by atoms with Gasteiger partial charge in [-0.3, -0.25) is 0 Å². The molecule has 0 saturated carbocycles. The highest BCUT2D eigenvalue weighted by Crippen LogP contribution is 2.22. The molecular weight excluding hydrogens is 328 g/mol. The summed E-state index contributed by atoms with van der Waals surface area (Å²) in [7, 11) is 0. The maximum absolute atomic E-state index is 6.26. The van der Waals surface area contributed by atoms with Gasteiger partial charge in [-0.2, -0.15) is 0 Å². The maximum atomic E-state index is 6.26. The highest BCUT2D eigenvalue weighted by atomic mass is 35.5. The number of halogens is 1. The third kappa shape index (κ3) is 4.94. The van der Waals surface area contributed by atoms with Gasteiger partial charge in [0.25, 0.3) is 0 Å². The summed E-state index contributed by atoms with van der Waals surface area (Å²) in [6.07, 6.45) is 0. The molecule has 0 aliphatic heterocycles. The first-order valence-corrected chi connectivity index (χ1v) is 8.93. The van der Waals surface area contributed by atoms with Crippen LogP contribution in [0, 0.1) is 13.8 Å². The Morgan fingerprint density at radius 2 is 2.09 bits per heavy atom. The van der Waals surface area contributed by atoms with E-state index < -0.39 is 0 Å². The smallest absolute Gasteiger partial charge is 0.192 e. The number of nitrogens with zero attached hydrogens (tertiary/aromatic N) is 2. The van der Waals surface area contributed by atoms with Crippen LogP contribution >= 0.6 is 22.9 Å². The average molecular weight is 351 g/mol. The van der Waals surface area contributed by atoms with E-state index in [0.717, 1.165) is 33.8 Å². The van der Waals surface area contributed by atoms with Crippen molar-refractivity contribution in [3.05, 3.63) is 50.4 Å². The Morgan fingerprint density at radius 3 is 2.70 bits per heavy atom. The first-order chi connectivity index (χ1) is 11.0. The van der Waals surface area contributed by atoms with Gasteiger partial charge >= 0.3 is 0 Å². The first-order valence-electron chi connectivity index (χ1n) is 7.73. The van der Waals surface area contributed by atoms with Gasteiger partial charge in [0.05, 0.1) is 18.3 Å². The standard InChI is InChI=1S/C17H23ClN4S/c1-5-19-17(20-10-16-21-11(2)13(4)23-16)22-12(3)14-8-6-7-9-15(14)18/h6-9,12H,5,10H2,1-4H3,(H2,19,20,22). The summed E-state index contributed by atoms with van der Waals surface area (Å²) < 4.78 is 0. The molecule has 1 unspecified atom stereocenters. The number of thiazole rings is 1. The number of aliphatic imine (C=N–C) groups is 1. The summed E-state index contributed by atoms with van der Waals surface area (Å²) in [6.45, 7) is 9.62. The zero-order valence-corrected chi connectivity index (χ0v) is 15.6. The van der Waals surface area contributed by atoms with E-state index in [1.807, 2.05) is 31.2 Å². The fraction of sp³-hybridized carbons (Fsp3) is 0.412. The van der Waals surface area contributed by atoms with Gasteiger partial charge in [-0.1, -0.05) is 29.8 Å². The molecule has 0 aliphatic rings. The van der Waals surface area contributed by atoms with Gasteiger partial charge in [-0.15, -0.1) is 11.3 Å². The Hall–Kier alpha value is -1.59. The Labute approximate surface area is 147 Å². The van der Waals surface area contributed by atoms with Gasteiger partial charge in [0.1, 0.15) is 5.01 Å². The highest BCUT2D eigenvalue weighted by Gasteiger charge is 2.11. The minimum absolute atomic E-state index is 0.0706. The van der Waals surface area contributed by atoms with Crippen LogP contribution in [0.4, 0.5) is 0 Å². The van der Waals surface area contributed by atoms with Crippen molar-refractivity contribution in [3.8, 4) is 0 Å². The normalized spacial score (nSPS) is 13.0. The number of guanidine groups is 1. The molecule has 23 heavy (non-hydrogen) atoms. The summed E-state index contributed by atoms with van der Waals surface area (Å²) in [6, 6.07) is 7.92. The maximum Gasteiger partial charge on any atom is 0.192 e. The zero-order chi connectivity index (χ0) is 16.8. The van der Waals surface area contributed by atoms with Crippen molar-refractivity contribution in [2.45, 2.75) is 40.3 Å². The molecule has 0 aliphatic carbocycles. The zero-order valence-electron chi connectivity index (χ0n) is 14.0. The molecule has 1 aromatic carbocycles. The molecular formula is C17H23ClN4S. The van der Waals surface area contributed by atoms with Gasteiger partial charge in [0, 0.05) is 16.4 Å². The van der Waals surface area contributed by atoms with Crippen molar-refractivity contribution in [1.82, 2.24) is 15.6 Å². The van der Waals surface area contributed by atoms with Crippen molar-refractivity contribution in [2.24, 2.45) is 4.99 Å². The van der Waals surface area contributed by atoms with Crippen molar-refractivity contribution >= 4 is 28.9 Å². The topological polar surface area (TPSA) is 49.3 Å². The molecule has 2 aromatic rings. The van der Waals surface area contributed by atoms with Crippen LogP contribution in [0.1, 0.15) is 41.0 Å². The minimum Gasteiger partial charge on any atom is -0.357 e. The third-order valence-corrected chi connectivity index (χ3v) is 4.92. The number of benzene rings is 1. The van der Waals surface area contributed by atoms with E-state index in [1.54, 1.807) is 11.3 Å². The quantitative estimate of drug-likeness (QED) is 0.626. The SMILES string of the molecule is CCNC(=NCc1nc(C)c(C)s1)NC(C)c1ccccc1Cl. The predicted octanol–water partition coefficient (Wildman–Crippen LogP) is 4.23. The van der Waals surface area contributed by atoms with Crippen LogP contribution in [0.2, 0.25) is 5.02 Å². The molecule has 0 spiro atoms. The van der Waals surface area contributed by atoms with Gasteiger partial charge in [0.15, 0.2) is 5.96 Å². The van der Waals surface area contributed by atoms with E-state index in [0.29, 0.717) is 6.54 Å². The summed E-state index contributed by atoms with van der Waals surface area (Å²) >= 11 is 7.96. The molecule has 6 heteroatoms. The largest absolute Gasteiger partial charge is 0.357 e. The molecule has 0 radical (unpaired) electrons. The van der Waals surface area contributed by atoms with E-state index in [1.165, 1.54) is 4.88 Å². The van der Waals surface area contributed by atoms with Gasteiger partial charge in [0.2, 0.25) is 0 Å². The molecule has 1 atom stereocenters. The summed E-state index contributed by atoms with van der Waals surface area (Å²) in [4.78, 5) is 10.4. The second-order valence-electron chi connectivity index (χ2n) is 5.33. The van der Waals surface area contributed by atoms with Crippen LogP contribution < -0.4 is 10.6 Å². The molecule has 1 aromatic heterocycles. The van der Waals surface area contributed by atoms with Crippen LogP contribution in [0.25, 0.3) is 0 Å². The number of aromatic nitrogens is 1. The van der Waals surface area contributed by atoms with Crippen molar-refractivity contribution in [2.75, 3.05) is 6.54 Å². The van der Waals surface area contributed by atoms with Gasteiger partial charge in [-0.25, -0.2) is 9.98 Å². The van der Waals surface area contributed by atoms with Crippen LogP contribution in [0.5, 0.6) is 0 Å². The summed E-state index contributed by atoms with van der Waals surface area (Å²) in [5, 5.41) is 8.45. The molecule has 0 saturated heterocycles. The Balaban J connectivity index is 2.08.